The Kier molecular flexibility index (Phi) is 6.13. The molecule has 6 rings (SSSR count). The van der Waals surface area contributed by atoms with Crippen molar-refractivity contribution in [2.75, 3.05) is 38.5 Å². The fourth-order valence-corrected chi connectivity index (χ4v) is 4.57. The summed E-state index contributed by atoms with van der Waals surface area (Å²) >= 11 is 0. The highest BCUT2D eigenvalue weighted by Gasteiger charge is 2.23. The van der Waals surface area contributed by atoms with Gasteiger partial charge in [-0.3, -0.25) is 9.69 Å². The van der Waals surface area contributed by atoms with E-state index in [9.17, 15) is 4.79 Å². The molecule has 0 atom stereocenters. The summed E-state index contributed by atoms with van der Waals surface area (Å²) in [7, 11) is 2.19. The van der Waals surface area contributed by atoms with Gasteiger partial charge >= 0.3 is 0 Å². The van der Waals surface area contributed by atoms with Crippen molar-refractivity contribution in [1.82, 2.24) is 29.7 Å². The molecule has 1 aliphatic heterocycles. The van der Waals surface area contributed by atoms with Crippen LogP contribution in [0.3, 0.4) is 0 Å². The molecule has 3 heterocycles. The maximum atomic E-state index is 12.2. The molecular formula is C28H31N7O. The normalized spacial score (nSPS) is 16.8. The second-order valence-corrected chi connectivity index (χ2v) is 9.85. The smallest absolute Gasteiger partial charge is 0.251 e. The number of nitrogens with one attached hydrogen (secondary N) is 2. The Hall–Kier alpha value is -3.75. The summed E-state index contributed by atoms with van der Waals surface area (Å²) in [6.07, 6.45) is 4.06. The van der Waals surface area contributed by atoms with Crippen molar-refractivity contribution < 1.29 is 4.79 Å². The van der Waals surface area contributed by atoms with E-state index in [0.717, 1.165) is 68.0 Å². The largest absolute Gasteiger partial charge is 0.349 e. The standard InChI is InChI=1S/C28H31N7O/c1-33-15-17-34(18-16-33)19-20-4-6-21(7-5-20)25-3-2-14-35-26(25)31-28(32-35)30-24-10-8-22(9-11-24)27(36)29-23-12-13-23/h2-11,14,23H,12-13,15-19H2,1H3,(H,29,36)(H,30,32). The lowest BCUT2D eigenvalue weighted by Gasteiger charge is -2.32. The van der Waals surface area contributed by atoms with Crippen LogP contribution in [-0.2, 0) is 6.54 Å². The molecule has 1 amide bonds. The number of carbonyl (C=O) groups excluding carboxylic acids is 1. The van der Waals surface area contributed by atoms with E-state index in [-0.39, 0.29) is 5.91 Å². The number of nitrogens with zero attached hydrogens (tertiary/aromatic N) is 5. The first kappa shape index (κ1) is 22.7. The second kappa shape index (κ2) is 9.72. The summed E-state index contributed by atoms with van der Waals surface area (Å²) in [6.45, 7) is 5.47. The van der Waals surface area contributed by atoms with E-state index in [4.69, 9.17) is 4.98 Å². The molecule has 0 unspecified atom stereocenters. The third kappa shape index (κ3) is 5.10. The first-order valence-corrected chi connectivity index (χ1v) is 12.6. The molecule has 8 heteroatoms. The van der Waals surface area contributed by atoms with Crippen molar-refractivity contribution in [3.63, 3.8) is 0 Å². The van der Waals surface area contributed by atoms with Gasteiger partial charge in [-0.2, -0.15) is 4.98 Å². The number of amides is 1. The van der Waals surface area contributed by atoms with Crippen molar-refractivity contribution >= 4 is 23.2 Å². The van der Waals surface area contributed by atoms with E-state index in [2.05, 4.69) is 62.9 Å². The van der Waals surface area contributed by atoms with Gasteiger partial charge in [-0.15, -0.1) is 5.10 Å². The predicted molar refractivity (Wildman–Crippen MR) is 141 cm³/mol. The lowest BCUT2D eigenvalue weighted by molar-refractivity contribution is 0.0951. The van der Waals surface area contributed by atoms with Gasteiger partial charge in [0.15, 0.2) is 5.65 Å². The third-order valence-electron chi connectivity index (χ3n) is 6.95. The highest BCUT2D eigenvalue weighted by Crippen LogP contribution is 2.26. The number of benzene rings is 2. The molecule has 1 saturated heterocycles. The number of piperazine rings is 1. The number of anilines is 2. The van der Waals surface area contributed by atoms with Crippen molar-refractivity contribution in [3.8, 4) is 11.1 Å². The fourth-order valence-electron chi connectivity index (χ4n) is 4.57. The van der Waals surface area contributed by atoms with Crippen LogP contribution in [0.1, 0.15) is 28.8 Å². The first-order chi connectivity index (χ1) is 17.6. The van der Waals surface area contributed by atoms with Crippen molar-refractivity contribution in [2.45, 2.75) is 25.4 Å². The minimum absolute atomic E-state index is 0.0194. The molecule has 2 aliphatic rings. The summed E-state index contributed by atoms with van der Waals surface area (Å²) in [6, 6.07) is 20.6. The summed E-state index contributed by atoms with van der Waals surface area (Å²) in [5.74, 6) is 0.499. The topological polar surface area (TPSA) is 77.8 Å². The van der Waals surface area contributed by atoms with Gasteiger partial charge in [0.1, 0.15) is 0 Å². The Labute approximate surface area is 210 Å². The Bertz CT molecular complexity index is 1350. The molecule has 184 valence electrons. The Balaban J connectivity index is 1.16. The molecule has 0 bridgehead atoms. The lowest BCUT2D eigenvalue weighted by atomic mass is 10.0. The van der Waals surface area contributed by atoms with Gasteiger partial charge in [-0.05, 0) is 67.4 Å². The van der Waals surface area contributed by atoms with Crippen LogP contribution >= 0.6 is 0 Å². The number of likely N-dealkylation sites (N-methyl/N-ethyl adjacent to an activating group) is 1. The van der Waals surface area contributed by atoms with Crippen molar-refractivity contribution in [3.05, 3.63) is 78.0 Å². The first-order valence-electron chi connectivity index (χ1n) is 12.6. The minimum atomic E-state index is -0.0194. The maximum absolute atomic E-state index is 12.2. The highest BCUT2D eigenvalue weighted by atomic mass is 16.1. The SMILES string of the molecule is CN1CCN(Cc2ccc(-c3cccn4nc(Nc5ccc(C(=O)NC6CC6)cc5)nc34)cc2)CC1. The third-order valence-corrected chi connectivity index (χ3v) is 6.95. The van der Waals surface area contributed by atoms with Crippen molar-refractivity contribution in [1.29, 1.82) is 0 Å². The molecule has 0 spiro atoms. The molecule has 4 aromatic rings. The summed E-state index contributed by atoms with van der Waals surface area (Å²) in [5.41, 5.74) is 5.78. The molecule has 2 fully saturated rings. The van der Waals surface area contributed by atoms with Gasteiger partial charge in [0.05, 0.1) is 0 Å². The number of carbonyl (C=O) groups is 1. The summed E-state index contributed by atoms with van der Waals surface area (Å²) in [5, 5.41) is 10.9. The minimum Gasteiger partial charge on any atom is -0.349 e. The van der Waals surface area contributed by atoms with E-state index < -0.39 is 0 Å². The van der Waals surface area contributed by atoms with Crippen LogP contribution < -0.4 is 10.6 Å². The Morgan fingerprint density at radius 1 is 0.972 bits per heavy atom. The molecule has 0 radical (unpaired) electrons. The number of pyridine rings is 1. The number of hydrogen-bond donors (Lipinski definition) is 2. The zero-order valence-corrected chi connectivity index (χ0v) is 20.5. The zero-order chi connectivity index (χ0) is 24.5. The maximum Gasteiger partial charge on any atom is 0.251 e. The molecule has 36 heavy (non-hydrogen) atoms. The molecule has 1 aliphatic carbocycles. The van der Waals surface area contributed by atoms with Gasteiger partial charge in [0, 0.05) is 61.8 Å². The molecule has 1 saturated carbocycles. The molecule has 8 nitrogen and oxygen atoms in total. The van der Waals surface area contributed by atoms with E-state index >= 15 is 0 Å². The summed E-state index contributed by atoms with van der Waals surface area (Å²) in [4.78, 5) is 21.9. The van der Waals surface area contributed by atoms with E-state index in [1.807, 2.05) is 36.5 Å². The second-order valence-electron chi connectivity index (χ2n) is 9.85. The monoisotopic (exact) mass is 481 g/mol. The van der Waals surface area contributed by atoms with Gasteiger partial charge < -0.3 is 15.5 Å². The van der Waals surface area contributed by atoms with Crippen molar-refractivity contribution in [2.24, 2.45) is 0 Å². The van der Waals surface area contributed by atoms with E-state index in [1.54, 1.807) is 4.52 Å². The fraction of sp³-hybridized carbons (Fsp3) is 0.321. The number of aromatic nitrogens is 3. The molecule has 2 aromatic carbocycles. The average molecular weight is 482 g/mol. The van der Waals surface area contributed by atoms with Gasteiger partial charge in [0.2, 0.25) is 5.95 Å². The zero-order valence-electron chi connectivity index (χ0n) is 20.5. The lowest BCUT2D eigenvalue weighted by Crippen LogP contribution is -2.43. The van der Waals surface area contributed by atoms with Crippen LogP contribution in [0.5, 0.6) is 0 Å². The van der Waals surface area contributed by atoms with Crippen LogP contribution in [0.25, 0.3) is 16.8 Å². The Morgan fingerprint density at radius 2 is 1.72 bits per heavy atom. The van der Waals surface area contributed by atoms with Crippen LogP contribution in [0, 0.1) is 0 Å². The highest BCUT2D eigenvalue weighted by molar-refractivity contribution is 5.95. The number of rotatable bonds is 7. The van der Waals surface area contributed by atoms with Crippen LogP contribution in [0.15, 0.2) is 66.9 Å². The van der Waals surface area contributed by atoms with Crippen LogP contribution in [0.2, 0.25) is 0 Å². The van der Waals surface area contributed by atoms with E-state index in [1.165, 1.54) is 5.56 Å². The molecule has 2 aromatic heterocycles. The predicted octanol–water partition coefficient (Wildman–Crippen LogP) is 3.78. The average Bonchev–Trinajstić information content (AvgIpc) is 3.62. The van der Waals surface area contributed by atoms with Crippen LogP contribution in [0.4, 0.5) is 11.6 Å². The van der Waals surface area contributed by atoms with Gasteiger partial charge in [-0.1, -0.05) is 24.3 Å². The Morgan fingerprint density at radius 3 is 2.44 bits per heavy atom. The molecule has 2 N–H and O–H groups in total. The number of fused-ring (bicyclic) bond motifs is 1. The van der Waals surface area contributed by atoms with Gasteiger partial charge in [-0.25, -0.2) is 4.52 Å². The van der Waals surface area contributed by atoms with Gasteiger partial charge in [0.25, 0.3) is 5.91 Å². The molecular weight excluding hydrogens is 450 g/mol. The van der Waals surface area contributed by atoms with Crippen LogP contribution in [-0.4, -0.2) is 69.6 Å². The summed E-state index contributed by atoms with van der Waals surface area (Å²) < 4.78 is 1.80. The quantitative estimate of drug-likeness (QED) is 0.418. The van der Waals surface area contributed by atoms with E-state index in [0.29, 0.717) is 17.6 Å². The number of hydrogen-bond acceptors (Lipinski definition) is 6.